The Kier molecular flexibility index (Phi) is 3.01. The van der Waals surface area contributed by atoms with Gasteiger partial charge in [0.2, 0.25) is 0 Å². The van der Waals surface area contributed by atoms with Gasteiger partial charge in [0.25, 0.3) is 0 Å². The molecule has 1 heteroatoms. The van der Waals surface area contributed by atoms with Gasteiger partial charge in [-0.15, -0.1) is 6.58 Å². The number of allylic oxidation sites excluding steroid dienone is 1. The summed E-state index contributed by atoms with van der Waals surface area (Å²) < 4.78 is 0. The van der Waals surface area contributed by atoms with Crippen LogP contribution in [0.5, 0.6) is 0 Å². The van der Waals surface area contributed by atoms with E-state index in [1.54, 1.807) is 6.08 Å². The quantitative estimate of drug-likeness (QED) is 0.346. The van der Waals surface area contributed by atoms with E-state index >= 15 is 0 Å². The summed E-state index contributed by atoms with van der Waals surface area (Å²) in [4.78, 5) is 9.33. The van der Waals surface area contributed by atoms with E-state index in [1.807, 2.05) is 0 Å². The van der Waals surface area contributed by atoms with E-state index in [0.29, 0.717) is 6.42 Å². The standard InChI is InChI=1S/C4H6O/c1-2-3-4-5/h2,4H,1,3H2. The van der Waals surface area contributed by atoms with Gasteiger partial charge < -0.3 is 4.79 Å². The van der Waals surface area contributed by atoms with Gasteiger partial charge >= 0.3 is 0 Å². The monoisotopic (exact) mass is 70.0 g/mol. The second-order valence-electron chi connectivity index (χ2n) is 0.691. The van der Waals surface area contributed by atoms with Gasteiger partial charge in [-0.05, 0) is 0 Å². The van der Waals surface area contributed by atoms with E-state index in [4.69, 9.17) is 0 Å². The van der Waals surface area contributed by atoms with Crippen LogP contribution in [-0.2, 0) is 4.79 Å². The first-order chi connectivity index (χ1) is 2.41. The van der Waals surface area contributed by atoms with Gasteiger partial charge in [-0.3, -0.25) is 0 Å². The minimum Gasteiger partial charge on any atom is -0.303 e. The predicted molar refractivity (Wildman–Crippen MR) is 20.9 cm³/mol. The molecule has 0 amide bonds. The van der Waals surface area contributed by atoms with Gasteiger partial charge in [0.1, 0.15) is 6.29 Å². The minimum atomic E-state index is 0.472. The first-order valence-electron chi connectivity index (χ1n) is 1.46. The molecule has 1 nitrogen and oxygen atoms in total. The molecule has 0 spiro atoms. The van der Waals surface area contributed by atoms with Crippen molar-refractivity contribution in [2.75, 3.05) is 0 Å². The van der Waals surface area contributed by atoms with E-state index < -0.39 is 0 Å². The molecule has 0 saturated heterocycles. The molecule has 0 radical (unpaired) electrons. The van der Waals surface area contributed by atoms with E-state index in [1.165, 1.54) is 0 Å². The van der Waals surface area contributed by atoms with Crippen LogP contribution < -0.4 is 0 Å². The van der Waals surface area contributed by atoms with Gasteiger partial charge in [-0.2, -0.15) is 0 Å². The highest BCUT2D eigenvalue weighted by atomic mass is 16.1. The Hall–Kier alpha value is -0.590. The Labute approximate surface area is 31.3 Å². The molecule has 0 aromatic rings. The van der Waals surface area contributed by atoms with Crippen molar-refractivity contribution in [3.8, 4) is 0 Å². The minimum absolute atomic E-state index is 0.472. The molecular formula is C4H6O. The molecule has 0 aromatic heterocycles. The van der Waals surface area contributed by atoms with Gasteiger partial charge in [0.15, 0.2) is 0 Å². The Morgan fingerprint density at radius 2 is 2.40 bits per heavy atom. The molecule has 0 aromatic carbocycles. The third kappa shape index (κ3) is 3.41. The second kappa shape index (κ2) is 3.41. The van der Waals surface area contributed by atoms with Crippen molar-refractivity contribution in [1.82, 2.24) is 0 Å². The van der Waals surface area contributed by atoms with Crippen LogP contribution in [0.1, 0.15) is 6.42 Å². The van der Waals surface area contributed by atoms with Crippen LogP contribution >= 0.6 is 0 Å². The van der Waals surface area contributed by atoms with Crippen LogP contribution in [0.25, 0.3) is 0 Å². The summed E-state index contributed by atoms with van der Waals surface area (Å²) >= 11 is 0. The van der Waals surface area contributed by atoms with Crippen molar-refractivity contribution < 1.29 is 4.79 Å². The van der Waals surface area contributed by atoms with Crippen molar-refractivity contribution >= 4 is 6.29 Å². The lowest BCUT2D eigenvalue weighted by molar-refractivity contribution is -0.107. The maximum Gasteiger partial charge on any atom is 0.123 e. The van der Waals surface area contributed by atoms with Crippen molar-refractivity contribution in [3.63, 3.8) is 0 Å². The van der Waals surface area contributed by atoms with Crippen molar-refractivity contribution in [2.45, 2.75) is 6.42 Å². The predicted octanol–water partition coefficient (Wildman–Crippen LogP) is 0.761. The molecule has 0 aliphatic rings. The number of hydrogen-bond donors (Lipinski definition) is 0. The molecule has 0 aliphatic carbocycles. The number of rotatable bonds is 2. The lowest BCUT2D eigenvalue weighted by Gasteiger charge is -1.59. The summed E-state index contributed by atoms with van der Waals surface area (Å²) in [6.07, 6.45) is 2.85. The van der Waals surface area contributed by atoms with Crippen molar-refractivity contribution in [2.24, 2.45) is 0 Å². The number of hydrogen-bond acceptors (Lipinski definition) is 1. The summed E-state index contributed by atoms with van der Waals surface area (Å²) in [5.74, 6) is 0. The zero-order chi connectivity index (χ0) is 4.12. The van der Waals surface area contributed by atoms with Crippen molar-refractivity contribution in [1.29, 1.82) is 0 Å². The van der Waals surface area contributed by atoms with Gasteiger partial charge in [0, 0.05) is 6.42 Å². The maximum atomic E-state index is 9.33. The number of aldehydes is 1. The van der Waals surface area contributed by atoms with Crippen LogP contribution in [0.3, 0.4) is 0 Å². The van der Waals surface area contributed by atoms with Crippen LogP contribution in [0.4, 0.5) is 0 Å². The SMILES string of the molecule is C=CCC=O. The van der Waals surface area contributed by atoms with E-state index in [-0.39, 0.29) is 0 Å². The molecule has 0 aliphatic heterocycles. The summed E-state index contributed by atoms with van der Waals surface area (Å²) in [5.41, 5.74) is 0. The van der Waals surface area contributed by atoms with Crippen LogP contribution in [-0.4, -0.2) is 6.29 Å². The third-order valence-corrected chi connectivity index (χ3v) is 0.263. The van der Waals surface area contributed by atoms with Crippen LogP contribution in [0.15, 0.2) is 12.7 Å². The summed E-state index contributed by atoms with van der Waals surface area (Å²) in [7, 11) is 0. The summed E-state index contributed by atoms with van der Waals surface area (Å²) in [6.45, 7) is 3.32. The zero-order valence-corrected chi connectivity index (χ0v) is 2.98. The molecule has 0 rings (SSSR count). The van der Waals surface area contributed by atoms with Gasteiger partial charge in [0.05, 0.1) is 0 Å². The summed E-state index contributed by atoms with van der Waals surface area (Å²) in [5, 5.41) is 0. The van der Waals surface area contributed by atoms with Crippen LogP contribution in [0.2, 0.25) is 0 Å². The highest BCUT2D eigenvalue weighted by Crippen LogP contribution is 1.64. The molecule has 0 atom stereocenters. The maximum absolute atomic E-state index is 9.33. The highest BCUT2D eigenvalue weighted by Gasteiger charge is 1.59. The van der Waals surface area contributed by atoms with Crippen molar-refractivity contribution in [3.05, 3.63) is 12.7 Å². The fraction of sp³-hybridized carbons (Fsp3) is 0.250. The second-order valence-corrected chi connectivity index (χ2v) is 0.691. The summed E-state index contributed by atoms with van der Waals surface area (Å²) in [6, 6.07) is 0. The molecular weight excluding hydrogens is 64.0 g/mol. The Morgan fingerprint density at radius 3 is 2.40 bits per heavy atom. The van der Waals surface area contributed by atoms with E-state index in [9.17, 15) is 4.79 Å². The smallest absolute Gasteiger partial charge is 0.123 e. The largest absolute Gasteiger partial charge is 0.303 e. The third-order valence-electron chi connectivity index (χ3n) is 0.263. The lowest BCUT2D eigenvalue weighted by atomic mass is 10.5. The Balaban J connectivity index is 2.65. The van der Waals surface area contributed by atoms with Gasteiger partial charge in [-0.25, -0.2) is 0 Å². The fourth-order valence-corrected chi connectivity index (χ4v) is 0.0680. The Bertz CT molecular complexity index is 32.9. The number of carbonyl (C=O) groups excluding carboxylic acids is 1. The number of carbonyl (C=O) groups is 1. The molecule has 28 valence electrons. The average Bonchev–Trinajstić information content (AvgIpc) is 1.41. The average molecular weight is 70.1 g/mol. The topological polar surface area (TPSA) is 17.1 Å². The zero-order valence-electron chi connectivity index (χ0n) is 2.98. The molecule has 0 bridgehead atoms. The molecule has 0 N–H and O–H groups in total. The van der Waals surface area contributed by atoms with E-state index in [0.717, 1.165) is 6.29 Å². The Morgan fingerprint density at radius 1 is 1.80 bits per heavy atom. The fourth-order valence-electron chi connectivity index (χ4n) is 0.0680. The first kappa shape index (κ1) is 4.41. The van der Waals surface area contributed by atoms with Crippen LogP contribution in [0, 0.1) is 0 Å². The lowest BCUT2D eigenvalue weighted by Crippen LogP contribution is -1.59. The molecule has 0 unspecified atom stereocenters. The molecule has 5 heavy (non-hydrogen) atoms. The first-order valence-corrected chi connectivity index (χ1v) is 1.46. The van der Waals surface area contributed by atoms with Gasteiger partial charge in [-0.1, -0.05) is 6.08 Å². The molecule has 0 saturated carbocycles. The highest BCUT2D eigenvalue weighted by molar-refractivity contribution is 5.51. The van der Waals surface area contributed by atoms with E-state index in [2.05, 4.69) is 6.58 Å². The molecule has 0 heterocycles. The molecule has 0 fully saturated rings. The normalized spacial score (nSPS) is 6.40.